The molecule has 1 aliphatic heterocycles. The summed E-state index contributed by atoms with van der Waals surface area (Å²) < 4.78 is 21.7. The zero-order valence-electron chi connectivity index (χ0n) is 6.17. The first kappa shape index (κ1) is 8.20. The molecule has 1 rings (SSSR count). The molecule has 3 nitrogen and oxygen atoms in total. The van der Waals surface area contributed by atoms with Crippen molar-refractivity contribution in [3.63, 3.8) is 0 Å². The Bertz CT molecular complexity index is 190. The van der Waals surface area contributed by atoms with Crippen LogP contribution in [0.4, 0.5) is 4.39 Å². The molecule has 1 fully saturated rings. The molecule has 0 N–H and O–H groups in total. The quantitative estimate of drug-likeness (QED) is 0.540. The van der Waals surface area contributed by atoms with Crippen LogP contribution in [-0.4, -0.2) is 18.4 Å². The van der Waals surface area contributed by atoms with Crippen LogP contribution in [0.2, 0.25) is 0 Å². The lowest BCUT2D eigenvalue weighted by Crippen LogP contribution is -2.36. The molecule has 0 amide bonds. The van der Waals surface area contributed by atoms with Gasteiger partial charge in [-0.1, -0.05) is 13.5 Å². The molecule has 0 radical (unpaired) electrons. The van der Waals surface area contributed by atoms with Gasteiger partial charge in [0.05, 0.1) is 0 Å². The van der Waals surface area contributed by atoms with Crippen molar-refractivity contribution in [2.24, 2.45) is 0 Å². The highest BCUT2D eigenvalue weighted by molar-refractivity contribution is 5.76. The van der Waals surface area contributed by atoms with Gasteiger partial charge in [-0.3, -0.25) is 0 Å². The van der Waals surface area contributed by atoms with Gasteiger partial charge in [0.15, 0.2) is 11.9 Å². The molecule has 0 aromatic heterocycles. The van der Waals surface area contributed by atoms with Crippen LogP contribution in [0.25, 0.3) is 0 Å². The summed E-state index contributed by atoms with van der Waals surface area (Å²) in [5, 5.41) is 0. The number of hydrogen-bond donors (Lipinski definition) is 0. The van der Waals surface area contributed by atoms with Crippen LogP contribution >= 0.6 is 0 Å². The number of ether oxygens (including phenoxy) is 2. The molecule has 1 saturated heterocycles. The summed E-state index contributed by atoms with van der Waals surface area (Å²) >= 11 is 0. The fourth-order valence-electron chi connectivity index (χ4n) is 0.780. The Balaban J connectivity index is 2.62. The Hall–Kier alpha value is -0.900. The van der Waals surface area contributed by atoms with E-state index < -0.39 is 18.4 Å². The molecule has 0 saturated carbocycles. The minimum absolute atomic E-state index is 0.264. The summed E-state index contributed by atoms with van der Waals surface area (Å²) in [5.41, 5.74) is 0. The maximum Gasteiger partial charge on any atom is 0.340 e. The smallest absolute Gasteiger partial charge is 0.340 e. The van der Waals surface area contributed by atoms with Gasteiger partial charge in [-0.05, 0) is 6.42 Å². The predicted octanol–water partition coefficient (Wildman–Crippen LogP) is 1.15. The molecule has 11 heavy (non-hydrogen) atoms. The van der Waals surface area contributed by atoms with Crippen molar-refractivity contribution in [3.05, 3.63) is 12.3 Å². The van der Waals surface area contributed by atoms with Crippen molar-refractivity contribution in [1.29, 1.82) is 0 Å². The Labute approximate surface area is 63.8 Å². The zero-order valence-corrected chi connectivity index (χ0v) is 6.17. The average Bonchev–Trinajstić information content (AvgIpc) is 1.97. The van der Waals surface area contributed by atoms with Gasteiger partial charge in [-0.25, -0.2) is 9.18 Å². The number of esters is 1. The number of alkyl halides is 1. The molecular formula is C7H9FO3. The summed E-state index contributed by atoms with van der Waals surface area (Å²) in [5.74, 6) is -0.828. The molecule has 2 unspecified atom stereocenters. The van der Waals surface area contributed by atoms with E-state index in [1.807, 2.05) is 0 Å². The third-order valence-electron chi connectivity index (χ3n) is 1.40. The third kappa shape index (κ3) is 1.57. The van der Waals surface area contributed by atoms with E-state index >= 15 is 0 Å². The van der Waals surface area contributed by atoms with E-state index in [9.17, 15) is 9.18 Å². The topological polar surface area (TPSA) is 35.5 Å². The SMILES string of the molecule is C=C1OC(=O)C(CC)OC1F. The summed E-state index contributed by atoms with van der Waals surface area (Å²) in [6, 6.07) is 0. The maximum atomic E-state index is 12.6. The fourth-order valence-corrected chi connectivity index (χ4v) is 0.780. The van der Waals surface area contributed by atoms with Crippen LogP contribution in [0.15, 0.2) is 12.3 Å². The normalized spacial score (nSPS) is 31.8. The van der Waals surface area contributed by atoms with Crippen LogP contribution in [0.5, 0.6) is 0 Å². The van der Waals surface area contributed by atoms with Crippen LogP contribution < -0.4 is 0 Å². The largest absolute Gasteiger partial charge is 0.424 e. The number of halogens is 1. The minimum atomic E-state index is -1.67. The maximum absolute atomic E-state index is 12.6. The number of rotatable bonds is 1. The first-order valence-electron chi connectivity index (χ1n) is 3.35. The van der Waals surface area contributed by atoms with Gasteiger partial charge in [-0.2, -0.15) is 0 Å². The average molecular weight is 160 g/mol. The van der Waals surface area contributed by atoms with E-state index in [1.54, 1.807) is 6.92 Å². The minimum Gasteiger partial charge on any atom is -0.424 e. The molecule has 0 aromatic carbocycles. The zero-order chi connectivity index (χ0) is 8.43. The lowest BCUT2D eigenvalue weighted by Gasteiger charge is -2.24. The molecular weight excluding hydrogens is 151 g/mol. The Kier molecular flexibility index (Phi) is 2.24. The molecule has 1 heterocycles. The van der Waals surface area contributed by atoms with Gasteiger partial charge < -0.3 is 9.47 Å². The first-order chi connectivity index (χ1) is 5.15. The predicted molar refractivity (Wildman–Crippen MR) is 35.3 cm³/mol. The summed E-state index contributed by atoms with van der Waals surface area (Å²) in [6.45, 7) is 4.89. The molecule has 0 bridgehead atoms. The van der Waals surface area contributed by atoms with Crippen LogP contribution in [0, 0.1) is 0 Å². The van der Waals surface area contributed by atoms with Gasteiger partial charge in [0, 0.05) is 0 Å². The number of carbonyl (C=O) groups is 1. The highest BCUT2D eigenvalue weighted by Crippen LogP contribution is 2.20. The van der Waals surface area contributed by atoms with Crippen LogP contribution in [0.3, 0.4) is 0 Å². The van der Waals surface area contributed by atoms with Gasteiger partial charge in [-0.15, -0.1) is 0 Å². The van der Waals surface area contributed by atoms with Crippen LogP contribution in [-0.2, 0) is 14.3 Å². The van der Waals surface area contributed by atoms with Crippen molar-refractivity contribution < 1.29 is 18.7 Å². The van der Waals surface area contributed by atoms with E-state index in [2.05, 4.69) is 16.1 Å². The van der Waals surface area contributed by atoms with Gasteiger partial charge in [0.25, 0.3) is 6.36 Å². The van der Waals surface area contributed by atoms with Crippen molar-refractivity contribution in [2.75, 3.05) is 0 Å². The number of hydrogen-bond acceptors (Lipinski definition) is 3. The Morgan fingerprint density at radius 3 is 2.91 bits per heavy atom. The second-order valence-corrected chi connectivity index (χ2v) is 2.24. The van der Waals surface area contributed by atoms with E-state index in [0.717, 1.165) is 0 Å². The monoisotopic (exact) mass is 160 g/mol. The molecule has 1 aliphatic rings. The van der Waals surface area contributed by atoms with Crippen molar-refractivity contribution >= 4 is 5.97 Å². The van der Waals surface area contributed by atoms with E-state index in [0.29, 0.717) is 6.42 Å². The molecule has 0 aromatic rings. The highest BCUT2D eigenvalue weighted by Gasteiger charge is 2.32. The van der Waals surface area contributed by atoms with E-state index in [1.165, 1.54) is 0 Å². The summed E-state index contributed by atoms with van der Waals surface area (Å²) in [7, 11) is 0. The Morgan fingerprint density at radius 2 is 2.36 bits per heavy atom. The highest BCUT2D eigenvalue weighted by atomic mass is 19.1. The lowest BCUT2D eigenvalue weighted by atomic mass is 10.2. The molecule has 0 spiro atoms. The van der Waals surface area contributed by atoms with Crippen molar-refractivity contribution in [2.45, 2.75) is 25.8 Å². The van der Waals surface area contributed by atoms with Crippen molar-refractivity contribution in [3.8, 4) is 0 Å². The second-order valence-electron chi connectivity index (χ2n) is 2.24. The molecule has 4 heteroatoms. The Morgan fingerprint density at radius 1 is 1.73 bits per heavy atom. The summed E-state index contributed by atoms with van der Waals surface area (Å²) in [6.07, 6.45) is -2.04. The van der Waals surface area contributed by atoms with Crippen LogP contribution in [0.1, 0.15) is 13.3 Å². The molecule has 62 valence electrons. The number of carbonyl (C=O) groups excluding carboxylic acids is 1. The van der Waals surface area contributed by atoms with Gasteiger partial charge >= 0.3 is 5.97 Å². The number of cyclic esters (lactones) is 1. The van der Waals surface area contributed by atoms with Crippen molar-refractivity contribution in [1.82, 2.24) is 0 Å². The third-order valence-corrected chi connectivity index (χ3v) is 1.40. The fraction of sp³-hybridized carbons (Fsp3) is 0.571. The molecule has 0 aliphatic carbocycles. The van der Waals surface area contributed by atoms with Gasteiger partial charge in [0.2, 0.25) is 0 Å². The summed E-state index contributed by atoms with van der Waals surface area (Å²) in [4.78, 5) is 10.8. The lowest BCUT2D eigenvalue weighted by molar-refractivity contribution is -0.185. The molecule has 2 atom stereocenters. The first-order valence-corrected chi connectivity index (χ1v) is 3.35. The van der Waals surface area contributed by atoms with E-state index in [-0.39, 0.29) is 5.76 Å². The second kappa shape index (κ2) is 3.00. The van der Waals surface area contributed by atoms with Gasteiger partial charge in [0.1, 0.15) is 0 Å². The standard InChI is InChI=1S/C7H9FO3/c1-3-5-7(9)10-4(2)6(8)11-5/h5-6H,2-3H2,1H3. The van der Waals surface area contributed by atoms with E-state index in [4.69, 9.17) is 0 Å².